The van der Waals surface area contributed by atoms with E-state index in [1.54, 1.807) is 11.9 Å². The molecule has 0 spiro atoms. The van der Waals surface area contributed by atoms with Crippen LogP contribution in [-0.4, -0.2) is 56.2 Å². The number of hydrogen-bond acceptors (Lipinski definition) is 7. The van der Waals surface area contributed by atoms with E-state index >= 15 is 0 Å². The summed E-state index contributed by atoms with van der Waals surface area (Å²) in [6.07, 6.45) is 4.02. The molecular formula is C21H22F2N6O2. The van der Waals surface area contributed by atoms with E-state index in [1.807, 2.05) is 0 Å². The third kappa shape index (κ3) is 3.21. The van der Waals surface area contributed by atoms with Crippen LogP contribution in [-0.2, 0) is 7.05 Å². The Hall–Kier alpha value is -3.14. The summed E-state index contributed by atoms with van der Waals surface area (Å²) in [5.41, 5.74) is -0.268. The van der Waals surface area contributed by atoms with E-state index in [1.165, 1.54) is 25.4 Å². The molecule has 4 atom stereocenters. The first-order valence-corrected chi connectivity index (χ1v) is 10.2. The number of benzene rings is 1. The molecule has 2 fully saturated rings. The summed E-state index contributed by atoms with van der Waals surface area (Å²) in [6.45, 7) is 0. The lowest BCUT2D eigenvalue weighted by Gasteiger charge is -2.38. The van der Waals surface area contributed by atoms with Crippen LogP contribution in [0.3, 0.4) is 0 Å². The second-order valence-electron chi connectivity index (χ2n) is 8.35. The number of rotatable bonds is 3. The SMILES string of the molecule is CN(c1cnc(-c2cc3c(F)cn(C)c(=O)c3cc2O)nn1)[C@@H]1CC2CCC(N2)[C@@H]1F. The number of phenolic OH excluding ortho intramolecular Hbond substituents is 1. The number of pyridine rings is 1. The van der Waals surface area contributed by atoms with Gasteiger partial charge in [-0.3, -0.25) is 4.79 Å². The number of aromatic hydroxyl groups is 1. The molecule has 10 heteroatoms. The van der Waals surface area contributed by atoms with Crippen molar-refractivity contribution in [1.29, 1.82) is 0 Å². The quantitative estimate of drug-likeness (QED) is 0.658. The summed E-state index contributed by atoms with van der Waals surface area (Å²) in [5, 5.41) is 22.1. The Balaban J connectivity index is 1.47. The zero-order valence-electron chi connectivity index (χ0n) is 17.1. The summed E-state index contributed by atoms with van der Waals surface area (Å²) in [6, 6.07) is 2.40. The average molecular weight is 428 g/mol. The maximum Gasteiger partial charge on any atom is 0.258 e. The minimum Gasteiger partial charge on any atom is -0.507 e. The van der Waals surface area contributed by atoms with E-state index in [4.69, 9.17) is 0 Å². The van der Waals surface area contributed by atoms with Gasteiger partial charge in [0.1, 0.15) is 17.7 Å². The molecule has 2 N–H and O–H groups in total. The lowest BCUT2D eigenvalue weighted by Crippen LogP contribution is -2.55. The lowest BCUT2D eigenvalue weighted by molar-refractivity contribution is 0.176. The number of nitrogens with zero attached hydrogens (tertiary/aromatic N) is 5. The number of nitrogens with one attached hydrogen (secondary N) is 1. The Kier molecular flexibility index (Phi) is 4.62. The van der Waals surface area contributed by atoms with Crippen LogP contribution in [0.2, 0.25) is 0 Å². The Morgan fingerprint density at radius 2 is 2.06 bits per heavy atom. The molecule has 2 unspecified atom stereocenters. The number of hydrogen-bond donors (Lipinski definition) is 2. The number of alkyl halides is 1. The highest BCUT2D eigenvalue weighted by molar-refractivity contribution is 5.89. The fraction of sp³-hybridized carbons (Fsp3) is 0.429. The standard InChI is InChI=1S/C21H22F2N6O2/c1-28-9-14(22)11-6-13(17(30)7-12(11)21(28)31)20-24-8-18(26-27-20)29(2)16-5-10-3-4-15(25-10)19(16)23/h6-10,15-16,19,25,30H,3-5H2,1-2H3/t10?,15?,16-,19+/m1/s1. The van der Waals surface area contributed by atoms with E-state index in [0.717, 1.165) is 23.6 Å². The van der Waals surface area contributed by atoms with Crippen LogP contribution in [0.1, 0.15) is 19.3 Å². The second-order valence-corrected chi connectivity index (χ2v) is 8.35. The van der Waals surface area contributed by atoms with Gasteiger partial charge < -0.3 is 19.9 Å². The van der Waals surface area contributed by atoms with Crippen molar-refractivity contribution in [3.8, 4) is 17.1 Å². The van der Waals surface area contributed by atoms with Crippen molar-refractivity contribution in [2.45, 2.75) is 43.6 Å². The molecule has 2 bridgehead atoms. The molecule has 4 heterocycles. The van der Waals surface area contributed by atoms with Crippen molar-refractivity contribution in [3.05, 3.63) is 40.7 Å². The summed E-state index contributed by atoms with van der Waals surface area (Å²) in [5.74, 6) is -0.356. The second kappa shape index (κ2) is 7.23. The van der Waals surface area contributed by atoms with E-state index in [-0.39, 0.29) is 40.0 Å². The molecule has 2 aliphatic heterocycles. The third-order valence-corrected chi connectivity index (χ3v) is 6.45. The summed E-state index contributed by atoms with van der Waals surface area (Å²) >= 11 is 0. The van der Waals surface area contributed by atoms with Crippen LogP contribution in [0.4, 0.5) is 14.6 Å². The molecule has 8 nitrogen and oxygen atoms in total. The van der Waals surface area contributed by atoms with Crippen molar-refractivity contribution >= 4 is 16.6 Å². The van der Waals surface area contributed by atoms with Gasteiger partial charge in [-0.05, 0) is 31.4 Å². The Morgan fingerprint density at radius 3 is 2.81 bits per heavy atom. The number of aryl methyl sites for hydroxylation is 1. The van der Waals surface area contributed by atoms with Gasteiger partial charge >= 0.3 is 0 Å². The number of phenols is 1. The predicted molar refractivity (Wildman–Crippen MR) is 111 cm³/mol. The van der Waals surface area contributed by atoms with Crippen molar-refractivity contribution in [1.82, 2.24) is 25.1 Å². The van der Waals surface area contributed by atoms with Gasteiger partial charge in [0.15, 0.2) is 11.6 Å². The third-order valence-electron chi connectivity index (χ3n) is 6.45. The molecule has 162 valence electrons. The average Bonchev–Trinajstić information content (AvgIpc) is 3.17. The van der Waals surface area contributed by atoms with Crippen LogP contribution in [0, 0.1) is 5.82 Å². The van der Waals surface area contributed by atoms with Crippen LogP contribution in [0.5, 0.6) is 5.75 Å². The Bertz CT molecular complexity index is 1220. The molecule has 0 amide bonds. The van der Waals surface area contributed by atoms with Gasteiger partial charge in [-0.1, -0.05) is 0 Å². The van der Waals surface area contributed by atoms with Gasteiger partial charge in [0.25, 0.3) is 5.56 Å². The fourth-order valence-corrected chi connectivity index (χ4v) is 4.70. The van der Waals surface area contributed by atoms with E-state index in [2.05, 4.69) is 20.5 Å². The fourth-order valence-electron chi connectivity index (χ4n) is 4.70. The smallest absolute Gasteiger partial charge is 0.258 e. The number of piperidine rings is 1. The molecule has 2 aromatic heterocycles. The highest BCUT2D eigenvalue weighted by Gasteiger charge is 2.43. The van der Waals surface area contributed by atoms with Gasteiger partial charge in [-0.2, -0.15) is 0 Å². The molecule has 0 aliphatic carbocycles. The maximum atomic E-state index is 14.9. The minimum absolute atomic E-state index is 0.0580. The van der Waals surface area contributed by atoms with Gasteiger partial charge in [-0.25, -0.2) is 13.8 Å². The van der Waals surface area contributed by atoms with Crippen molar-refractivity contribution in [2.75, 3.05) is 11.9 Å². The topological polar surface area (TPSA) is 96.2 Å². The number of aromatic nitrogens is 4. The van der Waals surface area contributed by atoms with E-state index in [0.29, 0.717) is 18.3 Å². The lowest BCUT2D eigenvalue weighted by atomic mass is 9.96. The maximum absolute atomic E-state index is 14.9. The minimum atomic E-state index is -1.01. The molecule has 5 rings (SSSR count). The number of halogens is 2. The van der Waals surface area contributed by atoms with Gasteiger partial charge in [0.2, 0.25) is 0 Å². The molecular weight excluding hydrogens is 406 g/mol. The summed E-state index contributed by atoms with van der Waals surface area (Å²) < 4.78 is 30.4. The van der Waals surface area contributed by atoms with Crippen LogP contribution >= 0.6 is 0 Å². The molecule has 2 saturated heterocycles. The molecule has 0 radical (unpaired) electrons. The van der Waals surface area contributed by atoms with Crippen molar-refractivity contribution in [2.24, 2.45) is 7.05 Å². The first-order chi connectivity index (χ1) is 14.8. The largest absolute Gasteiger partial charge is 0.507 e. The van der Waals surface area contributed by atoms with Crippen LogP contribution < -0.4 is 15.8 Å². The Morgan fingerprint density at radius 1 is 1.26 bits per heavy atom. The predicted octanol–water partition coefficient (Wildman–Crippen LogP) is 1.90. The summed E-state index contributed by atoms with van der Waals surface area (Å²) in [7, 11) is 3.21. The zero-order chi connectivity index (χ0) is 21.9. The van der Waals surface area contributed by atoms with Crippen molar-refractivity contribution in [3.63, 3.8) is 0 Å². The monoisotopic (exact) mass is 428 g/mol. The zero-order valence-corrected chi connectivity index (χ0v) is 17.1. The van der Waals surface area contributed by atoms with Crippen molar-refractivity contribution < 1.29 is 13.9 Å². The van der Waals surface area contributed by atoms with Gasteiger partial charge in [-0.15, -0.1) is 10.2 Å². The van der Waals surface area contributed by atoms with Crippen LogP contribution in [0.15, 0.2) is 29.3 Å². The molecule has 1 aromatic carbocycles. The number of fused-ring (bicyclic) bond motifs is 3. The highest BCUT2D eigenvalue weighted by Crippen LogP contribution is 2.34. The molecule has 2 aliphatic rings. The van der Waals surface area contributed by atoms with Gasteiger partial charge in [0.05, 0.1) is 23.2 Å². The van der Waals surface area contributed by atoms with Gasteiger partial charge in [0, 0.05) is 37.8 Å². The molecule has 0 saturated carbocycles. The van der Waals surface area contributed by atoms with Crippen LogP contribution in [0.25, 0.3) is 22.2 Å². The molecule has 31 heavy (non-hydrogen) atoms. The van der Waals surface area contributed by atoms with E-state index in [9.17, 15) is 18.7 Å². The highest BCUT2D eigenvalue weighted by atomic mass is 19.1. The normalized spacial score (nSPS) is 25.2. The Labute approximate surface area is 176 Å². The van der Waals surface area contributed by atoms with E-state index < -0.39 is 17.5 Å². The molecule has 3 aromatic rings. The first-order valence-electron chi connectivity index (χ1n) is 10.2. The first kappa shape index (κ1) is 19.8. The summed E-state index contributed by atoms with van der Waals surface area (Å²) in [4.78, 5) is 18.2. The number of anilines is 1.